The van der Waals surface area contributed by atoms with Gasteiger partial charge >= 0.3 is 0 Å². The summed E-state index contributed by atoms with van der Waals surface area (Å²) in [4.78, 5) is 9.75. The van der Waals surface area contributed by atoms with Crippen LogP contribution in [-0.4, -0.2) is 41.0 Å². The lowest BCUT2D eigenvalue weighted by molar-refractivity contribution is 0.209. The molecule has 1 aliphatic rings. The first kappa shape index (κ1) is 23.4. The topological polar surface area (TPSA) is 19.4 Å². The van der Waals surface area contributed by atoms with Crippen LogP contribution in [0.4, 0.5) is 0 Å². The smallest absolute Gasteiger partial charge is 0.0731 e. The van der Waals surface area contributed by atoms with Gasteiger partial charge < -0.3 is 9.80 Å². The molecule has 1 aromatic heterocycles. The zero-order chi connectivity index (χ0) is 23.4. The summed E-state index contributed by atoms with van der Waals surface area (Å²) in [5.74, 6) is 0. The van der Waals surface area contributed by atoms with Crippen molar-refractivity contribution in [1.82, 2.24) is 14.8 Å². The van der Waals surface area contributed by atoms with Gasteiger partial charge in [0, 0.05) is 48.5 Å². The Bertz CT molecular complexity index is 1140. The number of fused-ring (bicyclic) bond motifs is 1. The van der Waals surface area contributed by atoms with Gasteiger partial charge in [-0.2, -0.15) is 0 Å². The summed E-state index contributed by atoms with van der Waals surface area (Å²) >= 11 is 6.65. The SMILES string of the molecule is C=C(CCCC)N1CCN(C(=C)c2ccc3c(Cl)cc(-c4ccc(CC)cc4)nc3c2)CC1. The van der Waals surface area contributed by atoms with Gasteiger partial charge in [-0.25, -0.2) is 4.98 Å². The summed E-state index contributed by atoms with van der Waals surface area (Å²) in [5, 5.41) is 1.70. The second kappa shape index (κ2) is 10.4. The minimum Gasteiger partial charge on any atom is -0.372 e. The van der Waals surface area contributed by atoms with E-state index in [4.69, 9.17) is 16.6 Å². The van der Waals surface area contributed by atoms with Gasteiger partial charge in [0.05, 0.1) is 16.2 Å². The van der Waals surface area contributed by atoms with Crippen LogP contribution in [0.3, 0.4) is 0 Å². The zero-order valence-corrected chi connectivity index (χ0v) is 20.7. The van der Waals surface area contributed by atoms with Crippen LogP contribution in [0.1, 0.15) is 44.2 Å². The van der Waals surface area contributed by atoms with Crippen molar-refractivity contribution >= 4 is 28.2 Å². The van der Waals surface area contributed by atoms with Crippen LogP contribution in [0.25, 0.3) is 27.9 Å². The number of pyridine rings is 1. The molecule has 0 bridgehead atoms. The fraction of sp³-hybridized carbons (Fsp3) is 0.345. The number of piperazine rings is 1. The minimum absolute atomic E-state index is 0.728. The van der Waals surface area contributed by atoms with Crippen molar-refractivity contribution in [2.75, 3.05) is 26.2 Å². The first-order valence-corrected chi connectivity index (χ1v) is 12.4. The normalized spacial score (nSPS) is 14.0. The molecule has 33 heavy (non-hydrogen) atoms. The van der Waals surface area contributed by atoms with E-state index in [0.717, 1.165) is 77.5 Å². The van der Waals surface area contributed by atoms with Gasteiger partial charge in [0.2, 0.25) is 0 Å². The Morgan fingerprint density at radius 3 is 2.30 bits per heavy atom. The number of unbranched alkanes of at least 4 members (excludes halogenated alkanes) is 1. The largest absolute Gasteiger partial charge is 0.372 e. The van der Waals surface area contributed by atoms with Crippen LogP contribution in [-0.2, 0) is 6.42 Å². The van der Waals surface area contributed by atoms with E-state index in [1.165, 1.54) is 24.1 Å². The van der Waals surface area contributed by atoms with E-state index < -0.39 is 0 Å². The molecule has 2 heterocycles. The number of hydrogen-bond acceptors (Lipinski definition) is 3. The molecule has 3 aromatic rings. The highest BCUT2D eigenvalue weighted by molar-refractivity contribution is 6.35. The minimum atomic E-state index is 0.728. The molecule has 1 saturated heterocycles. The van der Waals surface area contributed by atoms with Gasteiger partial charge in [0.1, 0.15) is 0 Å². The highest BCUT2D eigenvalue weighted by atomic mass is 35.5. The van der Waals surface area contributed by atoms with Gasteiger partial charge in [-0.3, -0.25) is 0 Å². The number of aromatic nitrogens is 1. The van der Waals surface area contributed by atoms with Crippen LogP contribution in [0.2, 0.25) is 5.02 Å². The number of hydrogen-bond donors (Lipinski definition) is 0. The average molecular weight is 460 g/mol. The Labute approximate surface area is 203 Å². The van der Waals surface area contributed by atoms with Crippen LogP contribution in [0, 0.1) is 0 Å². The first-order valence-electron chi connectivity index (χ1n) is 12.1. The number of halogens is 1. The van der Waals surface area contributed by atoms with Crippen molar-refractivity contribution in [3.05, 3.63) is 83.5 Å². The lowest BCUT2D eigenvalue weighted by Crippen LogP contribution is -2.44. The Hall–Kier alpha value is -2.78. The van der Waals surface area contributed by atoms with E-state index >= 15 is 0 Å². The van der Waals surface area contributed by atoms with E-state index in [0.29, 0.717) is 0 Å². The third-order valence-corrected chi connectivity index (χ3v) is 6.99. The molecule has 0 atom stereocenters. The molecule has 1 aliphatic heterocycles. The molecule has 1 fully saturated rings. The molecule has 0 spiro atoms. The average Bonchev–Trinajstić information content (AvgIpc) is 2.86. The number of aryl methyl sites for hydroxylation is 1. The second-order valence-electron chi connectivity index (χ2n) is 8.86. The molecule has 4 rings (SSSR count). The molecule has 172 valence electrons. The van der Waals surface area contributed by atoms with E-state index in [1.807, 2.05) is 6.07 Å². The molecular formula is C29H34ClN3. The Balaban J connectivity index is 1.52. The monoisotopic (exact) mass is 459 g/mol. The fourth-order valence-corrected chi connectivity index (χ4v) is 4.70. The Kier molecular flexibility index (Phi) is 7.39. The molecule has 4 heteroatoms. The van der Waals surface area contributed by atoms with Crippen molar-refractivity contribution in [3.63, 3.8) is 0 Å². The third kappa shape index (κ3) is 5.25. The Morgan fingerprint density at radius 1 is 0.939 bits per heavy atom. The lowest BCUT2D eigenvalue weighted by atomic mass is 10.0. The van der Waals surface area contributed by atoms with Gasteiger partial charge in [-0.05, 0) is 42.5 Å². The maximum atomic E-state index is 6.65. The maximum absolute atomic E-state index is 6.65. The van der Waals surface area contributed by atoms with Crippen LogP contribution < -0.4 is 0 Å². The Morgan fingerprint density at radius 2 is 1.64 bits per heavy atom. The molecule has 3 nitrogen and oxygen atoms in total. The summed E-state index contributed by atoms with van der Waals surface area (Å²) < 4.78 is 0. The molecular weight excluding hydrogens is 426 g/mol. The number of nitrogens with zero attached hydrogens (tertiary/aromatic N) is 3. The summed E-state index contributed by atoms with van der Waals surface area (Å²) in [7, 11) is 0. The van der Waals surface area contributed by atoms with E-state index in [-0.39, 0.29) is 0 Å². The highest BCUT2D eigenvalue weighted by Gasteiger charge is 2.20. The molecule has 0 amide bonds. The summed E-state index contributed by atoms with van der Waals surface area (Å²) in [6.45, 7) is 17.0. The third-order valence-electron chi connectivity index (χ3n) is 6.68. The van der Waals surface area contributed by atoms with Crippen molar-refractivity contribution in [2.45, 2.75) is 39.5 Å². The van der Waals surface area contributed by atoms with Gasteiger partial charge in [0.25, 0.3) is 0 Å². The maximum Gasteiger partial charge on any atom is 0.0731 e. The van der Waals surface area contributed by atoms with Gasteiger partial charge in [0.15, 0.2) is 0 Å². The zero-order valence-electron chi connectivity index (χ0n) is 19.9. The number of benzene rings is 2. The van der Waals surface area contributed by atoms with Crippen LogP contribution in [0.15, 0.2) is 67.4 Å². The molecule has 0 unspecified atom stereocenters. The quantitative estimate of drug-likeness (QED) is 0.349. The molecule has 0 radical (unpaired) electrons. The van der Waals surface area contributed by atoms with Crippen LogP contribution >= 0.6 is 11.6 Å². The molecule has 0 aliphatic carbocycles. The van der Waals surface area contributed by atoms with Crippen molar-refractivity contribution < 1.29 is 0 Å². The van der Waals surface area contributed by atoms with E-state index in [2.05, 4.69) is 79.3 Å². The molecule has 0 saturated carbocycles. The molecule has 2 aromatic carbocycles. The fourth-order valence-electron chi connectivity index (χ4n) is 4.44. The molecule has 0 N–H and O–H groups in total. The van der Waals surface area contributed by atoms with Crippen molar-refractivity contribution in [2.24, 2.45) is 0 Å². The number of rotatable bonds is 8. The van der Waals surface area contributed by atoms with E-state index in [1.54, 1.807) is 0 Å². The van der Waals surface area contributed by atoms with Crippen LogP contribution in [0.5, 0.6) is 0 Å². The first-order chi connectivity index (χ1) is 16.0. The van der Waals surface area contributed by atoms with Crippen molar-refractivity contribution in [1.29, 1.82) is 0 Å². The predicted octanol–water partition coefficient (Wildman–Crippen LogP) is 7.41. The number of allylic oxidation sites excluding steroid dienone is 1. The van der Waals surface area contributed by atoms with Crippen molar-refractivity contribution in [3.8, 4) is 11.3 Å². The summed E-state index contributed by atoms with van der Waals surface area (Å²) in [6, 6.07) is 16.8. The lowest BCUT2D eigenvalue weighted by Gasteiger charge is -2.39. The van der Waals surface area contributed by atoms with E-state index in [9.17, 15) is 0 Å². The van der Waals surface area contributed by atoms with Gasteiger partial charge in [-0.1, -0.05) is 81.4 Å². The predicted molar refractivity (Wildman–Crippen MR) is 142 cm³/mol. The standard InChI is InChI=1S/C29H34ClN3/c1-5-7-8-21(3)32-15-17-33(18-16-32)22(4)25-13-14-26-27(30)20-28(31-29(26)19-25)24-11-9-23(6-2)10-12-24/h9-14,19-20H,3-8,15-18H2,1-2H3. The van der Waals surface area contributed by atoms with Gasteiger partial charge in [-0.15, -0.1) is 0 Å². The second-order valence-corrected chi connectivity index (χ2v) is 9.27. The summed E-state index contributed by atoms with van der Waals surface area (Å²) in [6.07, 6.45) is 4.54. The highest BCUT2D eigenvalue weighted by Crippen LogP contribution is 2.31. The summed E-state index contributed by atoms with van der Waals surface area (Å²) in [5.41, 5.74) is 7.62.